The molecule has 0 spiro atoms. The second-order valence-electron chi connectivity index (χ2n) is 3.19. The van der Waals surface area contributed by atoms with Gasteiger partial charge in [-0.15, -0.1) is 24.8 Å². The highest BCUT2D eigenvalue weighted by Gasteiger charge is 2.34. The summed E-state index contributed by atoms with van der Waals surface area (Å²) in [5.74, 6) is -1.35. The summed E-state index contributed by atoms with van der Waals surface area (Å²) < 4.78 is 62.4. The lowest BCUT2D eigenvalue weighted by molar-refractivity contribution is -0.275. The van der Waals surface area contributed by atoms with Gasteiger partial charge in [-0.3, -0.25) is 0 Å². The summed E-state index contributed by atoms with van der Waals surface area (Å²) >= 11 is 5.47. The fraction of sp³-hybridized carbons (Fsp3) is 0.222. The first-order valence-electron chi connectivity index (χ1n) is 4.42. The Hall–Kier alpha value is -1.17. The maximum absolute atomic E-state index is 12.2. The molecule has 0 aliphatic carbocycles. The molecule has 0 atom stereocenters. The van der Waals surface area contributed by atoms with Crippen LogP contribution in [0.5, 0.6) is 5.75 Å². The van der Waals surface area contributed by atoms with Crippen LogP contribution in [0.1, 0.15) is 11.1 Å². The zero-order valence-electron chi connectivity index (χ0n) is 8.83. The molecule has 0 saturated carbocycles. The van der Waals surface area contributed by atoms with E-state index in [2.05, 4.69) is 4.74 Å². The summed E-state index contributed by atoms with van der Waals surface area (Å²) in [6.45, 7) is 0. The summed E-state index contributed by atoms with van der Waals surface area (Å²) in [6.07, 6.45) is -5.12. The van der Waals surface area contributed by atoms with Gasteiger partial charge in [0.05, 0.1) is 11.6 Å². The SMILES string of the molecule is N#Cc1cc(OC(F)(F)F)c(S(=O)(=O)Cl)cc1CCl. The molecule has 19 heavy (non-hydrogen) atoms. The van der Waals surface area contributed by atoms with E-state index in [0.717, 1.165) is 6.07 Å². The van der Waals surface area contributed by atoms with Crippen molar-refractivity contribution in [2.45, 2.75) is 17.1 Å². The minimum atomic E-state index is -5.12. The van der Waals surface area contributed by atoms with E-state index in [9.17, 15) is 21.6 Å². The predicted molar refractivity (Wildman–Crippen MR) is 60.4 cm³/mol. The van der Waals surface area contributed by atoms with E-state index >= 15 is 0 Å². The molecule has 0 aliphatic heterocycles. The number of alkyl halides is 4. The molecule has 0 aromatic heterocycles. The standard InChI is InChI=1S/C9H4Cl2F3NO3S/c10-3-5-2-8(19(11,16)17)7(1-6(5)4-15)18-9(12,13)14/h1-2H,3H2. The van der Waals surface area contributed by atoms with Crippen molar-refractivity contribution in [1.29, 1.82) is 5.26 Å². The van der Waals surface area contributed by atoms with Crippen LogP contribution < -0.4 is 4.74 Å². The third-order valence-corrected chi connectivity index (χ3v) is 3.55. The Morgan fingerprint density at radius 2 is 1.95 bits per heavy atom. The fourth-order valence-corrected chi connectivity index (χ4v) is 2.42. The van der Waals surface area contributed by atoms with Crippen molar-refractivity contribution in [1.82, 2.24) is 0 Å². The van der Waals surface area contributed by atoms with Crippen LogP contribution in [0.4, 0.5) is 13.2 Å². The topological polar surface area (TPSA) is 67.2 Å². The van der Waals surface area contributed by atoms with Crippen molar-refractivity contribution in [3.63, 3.8) is 0 Å². The Kier molecular flexibility index (Phi) is 4.55. The lowest BCUT2D eigenvalue weighted by Crippen LogP contribution is -2.18. The zero-order valence-corrected chi connectivity index (χ0v) is 11.2. The van der Waals surface area contributed by atoms with E-state index < -0.39 is 26.1 Å². The molecule has 1 aromatic carbocycles. The van der Waals surface area contributed by atoms with Gasteiger partial charge in [0, 0.05) is 22.6 Å². The van der Waals surface area contributed by atoms with Gasteiger partial charge < -0.3 is 4.74 Å². The van der Waals surface area contributed by atoms with Crippen molar-refractivity contribution in [3.05, 3.63) is 23.3 Å². The molecule has 0 heterocycles. The van der Waals surface area contributed by atoms with Crippen LogP contribution >= 0.6 is 22.3 Å². The average molecular weight is 334 g/mol. The molecule has 1 rings (SSSR count). The number of nitriles is 1. The van der Waals surface area contributed by atoms with Gasteiger partial charge in [0.15, 0.2) is 5.75 Å². The molecule has 0 unspecified atom stereocenters. The predicted octanol–water partition coefficient (Wildman–Crippen LogP) is 3.12. The van der Waals surface area contributed by atoms with Gasteiger partial charge in [0.25, 0.3) is 9.05 Å². The molecular weight excluding hydrogens is 330 g/mol. The highest BCUT2D eigenvalue weighted by atomic mass is 35.7. The maximum Gasteiger partial charge on any atom is 0.573 e. The number of ether oxygens (including phenoxy) is 1. The normalized spacial score (nSPS) is 12.0. The largest absolute Gasteiger partial charge is 0.573 e. The van der Waals surface area contributed by atoms with Crippen molar-refractivity contribution >= 4 is 31.3 Å². The Labute approximate surface area is 115 Å². The molecule has 10 heteroatoms. The number of rotatable bonds is 3. The third-order valence-electron chi connectivity index (χ3n) is 1.92. The summed E-state index contributed by atoms with van der Waals surface area (Å²) in [5.41, 5.74) is -0.212. The smallest absolute Gasteiger partial charge is 0.404 e. The second kappa shape index (κ2) is 5.45. The van der Waals surface area contributed by atoms with Crippen molar-refractivity contribution in [2.75, 3.05) is 0 Å². The van der Waals surface area contributed by atoms with Crippen LogP contribution in [0.15, 0.2) is 17.0 Å². The molecule has 0 saturated heterocycles. The Morgan fingerprint density at radius 1 is 1.37 bits per heavy atom. The van der Waals surface area contributed by atoms with Crippen LogP contribution in [0.2, 0.25) is 0 Å². The first-order chi connectivity index (χ1) is 8.58. The third kappa shape index (κ3) is 4.16. The monoisotopic (exact) mass is 333 g/mol. The second-order valence-corrected chi connectivity index (χ2v) is 5.99. The molecular formula is C9H4Cl2F3NO3S. The van der Waals surface area contributed by atoms with Crippen LogP contribution in [0.3, 0.4) is 0 Å². The Balaban J connectivity index is 3.56. The molecule has 0 fully saturated rings. The Bertz CT molecular complexity index is 637. The molecule has 0 aliphatic rings. The van der Waals surface area contributed by atoms with E-state index in [1.165, 1.54) is 0 Å². The van der Waals surface area contributed by atoms with Crippen molar-refractivity contribution < 1.29 is 26.3 Å². The van der Waals surface area contributed by atoms with E-state index in [1.807, 2.05) is 0 Å². The first-order valence-corrected chi connectivity index (χ1v) is 7.26. The summed E-state index contributed by atoms with van der Waals surface area (Å²) in [6, 6.07) is 2.98. The van der Waals surface area contributed by atoms with Gasteiger partial charge in [-0.25, -0.2) is 8.42 Å². The number of nitrogens with zero attached hydrogens (tertiary/aromatic N) is 1. The minimum absolute atomic E-state index is 0.0258. The number of hydrogen-bond acceptors (Lipinski definition) is 4. The van der Waals surface area contributed by atoms with E-state index in [4.69, 9.17) is 27.5 Å². The molecule has 1 aromatic rings. The molecule has 0 N–H and O–H groups in total. The molecule has 0 bridgehead atoms. The molecule has 0 amide bonds. The van der Waals surface area contributed by atoms with E-state index in [1.54, 1.807) is 6.07 Å². The fourth-order valence-electron chi connectivity index (χ4n) is 1.21. The molecule has 104 valence electrons. The van der Waals surface area contributed by atoms with Crippen LogP contribution in [0, 0.1) is 11.3 Å². The minimum Gasteiger partial charge on any atom is -0.404 e. The van der Waals surface area contributed by atoms with Gasteiger partial charge in [-0.2, -0.15) is 5.26 Å². The zero-order chi connectivity index (χ0) is 14.8. The van der Waals surface area contributed by atoms with Gasteiger partial charge in [-0.05, 0) is 11.6 Å². The van der Waals surface area contributed by atoms with Crippen molar-refractivity contribution in [3.8, 4) is 11.8 Å². The van der Waals surface area contributed by atoms with Crippen LogP contribution in [-0.4, -0.2) is 14.8 Å². The van der Waals surface area contributed by atoms with Gasteiger partial charge in [0.1, 0.15) is 4.90 Å². The van der Waals surface area contributed by atoms with Crippen molar-refractivity contribution in [2.24, 2.45) is 0 Å². The number of benzene rings is 1. The van der Waals surface area contributed by atoms with E-state index in [-0.39, 0.29) is 17.0 Å². The lowest BCUT2D eigenvalue weighted by Gasteiger charge is -2.13. The summed E-state index contributed by atoms with van der Waals surface area (Å²) in [4.78, 5) is -0.902. The summed E-state index contributed by atoms with van der Waals surface area (Å²) in [5, 5.41) is 8.74. The maximum atomic E-state index is 12.2. The van der Waals surface area contributed by atoms with Crippen LogP contribution in [0.25, 0.3) is 0 Å². The number of hydrogen-bond donors (Lipinski definition) is 0. The Morgan fingerprint density at radius 3 is 2.32 bits per heavy atom. The van der Waals surface area contributed by atoms with Crippen LogP contribution in [-0.2, 0) is 14.9 Å². The lowest BCUT2D eigenvalue weighted by atomic mass is 10.1. The van der Waals surface area contributed by atoms with Gasteiger partial charge in [-0.1, -0.05) is 0 Å². The summed E-state index contributed by atoms with van der Waals surface area (Å²) in [7, 11) is 0.532. The van der Waals surface area contributed by atoms with Gasteiger partial charge >= 0.3 is 6.36 Å². The van der Waals surface area contributed by atoms with Gasteiger partial charge in [0.2, 0.25) is 0 Å². The molecule has 0 radical (unpaired) electrons. The average Bonchev–Trinajstić information content (AvgIpc) is 2.24. The molecule has 4 nitrogen and oxygen atoms in total. The highest BCUT2D eigenvalue weighted by Crippen LogP contribution is 2.34. The van der Waals surface area contributed by atoms with E-state index in [0.29, 0.717) is 6.07 Å². The first kappa shape index (κ1) is 15.9. The highest BCUT2D eigenvalue weighted by molar-refractivity contribution is 8.13. The quantitative estimate of drug-likeness (QED) is 0.629. The number of halogens is 5.